The van der Waals surface area contributed by atoms with Crippen LogP contribution in [0.25, 0.3) is 10.2 Å². The van der Waals surface area contributed by atoms with Crippen LogP contribution < -0.4 is 0 Å². The van der Waals surface area contributed by atoms with Crippen LogP contribution in [-0.4, -0.2) is 10.1 Å². The number of aromatic hydroxyl groups is 1. The molecule has 0 unspecified atom stereocenters. The van der Waals surface area contributed by atoms with E-state index < -0.39 is 0 Å². The highest BCUT2D eigenvalue weighted by Gasteiger charge is 2.02. The van der Waals surface area contributed by atoms with Crippen molar-refractivity contribution in [1.82, 2.24) is 4.98 Å². The van der Waals surface area contributed by atoms with Gasteiger partial charge in [0.1, 0.15) is 11.8 Å². The summed E-state index contributed by atoms with van der Waals surface area (Å²) in [6, 6.07) is 6.85. The maximum absolute atomic E-state index is 9.09. The minimum atomic E-state index is 0.178. The van der Waals surface area contributed by atoms with Gasteiger partial charge in [0.15, 0.2) is 5.01 Å². The second-order valence-corrected chi connectivity index (χ2v) is 3.31. The van der Waals surface area contributed by atoms with E-state index in [1.807, 2.05) is 6.07 Å². The minimum Gasteiger partial charge on any atom is -0.508 e. The van der Waals surface area contributed by atoms with E-state index in [4.69, 9.17) is 10.4 Å². The van der Waals surface area contributed by atoms with Gasteiger partial charge in [0, 0.05) is 6.07 Å². The van der Waals surface area contributed by atoms with E-state index >= 15 is 0 Å². The van der Waals surface area contributed by atoms with Crippen LogP contribution in [0, 0.1) is 11.3 Å². The fraction of sp³-hybridized carbons (Fsp3) is 0. The van der Waals surface area contributed by atoms with Crippen LogP contribution in [-0.2, 0) is 0 Å². The largest absolute Gasteiger partial charge is 0.508 e. The molecule has 0 fully saturated rings. The van der Waals surface area contributed by atoms with Gasteiger partial charge >= 0.3 is 0 Å². The van der Waals surface area contributed by atoms with E-state index in [0.29, 0.717) is 10.5 Å². The average Bonchev–Trinajstić information content (AvgIpc) is 2.46. The zero-order valence-corrected chi connectivity index (χ0v) is 6.80. The monoisotopic (exact) mass is 176 g/mol. The summed E-state index contributed by atoms with van der Waals surface area (Å²) in [4.78, 5) is 3.99. The first-order chi connectivity index (χ1) is 5.79. The molecule has 0 saturated carbocycles. The number of phenols is 1. The Kier molecular flexibility index (Phi) is 1.45. The van der Waals surface area contributed by atoms with Crippen molar-refractivity contribution in [2.75, 3.05) is 0 Å². The van der Waals surface area contributed by atoms with Crippen molar-refractivity contribution >= 4 is 21.6 Å². The Morgan fingerprint density at radius 3 is 3.08 bits per heavy atom. The third-order valence-electron chi connectivity index (χ3n) is 1.47. The zero-order chi connectivity index (χ0) is 8.55. The maximum atomic E-state index is 9.09. The van der Waals surface area contributed by atoms with Crippen LogP contribution in [0.5, 0.6) is 5.75 Å². The number of phenolic OH excluding ortho intramolecular Hbond substituents is 1. The van der Waals surface area contributed by atoms with Gasteiger partial charge < -0.3 is 5.11 Å². The molecule has 12 heavy (non-hydrogen) atoms. The molecule has 0 aliphatic carbocycles. The van der Waals surface area contributed by atoms with Gasteiger partial charge in [-0.1, -0.05) is 0 Å². The Bertz CT molecular complexity index is 469. The number of aromatic nitrogens is 1. The van der Waals surface area contributed by atoms with E-state index in [1.54, 1.807) is 18.2 Å². The van der Waals surface area contributed by atoms with E-state index in [1.165, 1.54) is 11.3 Å². The molecule has 1 N–H and O–H groups in total. The van der Waals surface area contributed by atoms with Crippen LogP contribution in [0.2, 0.25) is 0 Å². The Morgan fingerprint density at radius 1 is 1.50 bits per heavy atom. The summed E-state index contributed by atoms with van der Waals surface area (Å²) in [5, 5.41) is 18.1. The number of hydrogen-bond donors (Lipinski definition) is 1. The highest BCUT2D eigenvalue weighted by molar-refractivity contribution is 7.19. The van der Waals surface area contributed by atoms with Gasteiger partial charge in [-0.25, -0.2) is 4.98 Å². The smallest absolute Gasteiger partial charge is 0.195 e. The number of thiazole rings is 1. The zero-order valence-electron chi connectivity index (χ0n) is 5.98. The first-order valence-electron chi connectivity index (χ1n) is 3.29. The van der Waals surface area contributed by atoms with Gasteiger partial charge in [-0.05, 0) is 12.1 Å². The summed E-state index contributed by atoms with van der Waals surface area (Å²) < 4.78 is 0.921. The topological polar surface area (TPSA) is 56.9 Å². The highest BCUT2D eigenvalue weighted by atomic mass is 32.1. The summed E-state index contributed by atoms with van der Waals surface area (Å²) >= 11 is 1.32. The third kappa shape index (κ3) is 1.00. The number of nitrogens with zero attached hydrogens (tertiary/aromatic N) is 2. The molecule has 58 valence electrons. The second kappa shape index (κ2) is 2.47. The van der Waals surface area contributed by atoms with Gasteiger partial charge in [-0.15, -0.1) is 11.3 Å². The van der Waals surface area contributed by atoms with Crippen molar-refractivity contribution in [1.29, 1.82) is 5.26 Å². The predicted octanol–water partition coefficient (Wildman–Crippen LogP) is 1.87. The normalized spacial score (nSPS) is 9.92. The molecule has 1 aromatic heterocycles. The van der Waals surface area contributed by atoms with Crippen LogP contribution in [0.15, 0.2) is 18.2 Å². The summed E-state index contributed by atoms with van der Waals surface area (Å²) in [5.41, 5.74) is 0.677. The number of nitriles is 1. The molecule has 0 radical (unpaired) electrons. The predicted molar refractivity (Wildman–Crippen MR) is 46.0 cm³/mol. The van der Waals surface area contributed by atoms with Gasteiger partial charge in [0.25, 0.3) is 0 Å². The number of hydrogen-bond acceptors (Lipinski definition) is 4. The molecule has 4 heteroatoms. The van der Waals surface area contributed by atoms with Crippen molar-refractivity contribution in [3.8, 4) is 11.8 Å². The fourth-order valence-corrected chi connectivity index (χ4v) is 1.71. The number of benzene rings is 1. The quantitative estimate of drug-likeness (QED) is 0.666. The molecule has 0 bridgehead atoms. The Morgan fingerprint density at radius 2 is 2.33 bits per heavy atom. The minimum absolute atomic E-state index is 0.178. The number of fused-ring (bicyclic) bond motifs is 1. The molecule has 2 rings (SSSR count). The van der Waals surface area contributed by atoms with E-state index in [0.717, 1.165) is 4.70 Å². The van der Waals surface area contributed by atoms with Crippen LogP contribution in [0.3, 0.4) is 0 Å². The van der Waals surface area contributed by atoms with Crippen molar-refractivity contribution < 1.29 is 5.11 Å². The second-order valence-electron chi connectivity index (χ2n) is 2.28. The lowest BCUT2D eigenvalue weighted by Gasteiger charge is -1.87. The molecule has 0 saturated heterocycles. The van der Waals surface area contributed by atoms with Gasteiger partial charge in [-0.3, -0.25) is 0 Å². The molecule has 3 nitrogen and oxygen atoms in total. The molecule has 2 aromatic rings. The molecule has 1 heterocycles. The van der Waals surface area contributed by atoms with E-state index in [-0.39, 0.29) is 5.75 Å². The lowest BCUT2D eigenvalue weighted by molar-refractivity contribution is 0.476. The standard InChI is InChI=1S/C8H4N2OS/c9-4-8-10-6-3-5(11)1-2-7(6)12-8/h1-3,11H. The van der Waals surface area contributed by atoms with Crippen molar-refractivity contribution in [2.24, 2.45) is 0 Å². The molecule has 1 aromatic carbocycles. The van der Waals surface area contributed by atoms with Crippen LogP contribution in [0.1, 0.15) is 5.01 Å². The fourth-order valence-electron chi connectivity index (χ4n) is 0.964. The molecular weight excluding hydrogens is 172 g/mol. The molecule has 0 amide bonds. The van der Waals surface area contributed by atoms with Crippen LogP contribution >= 0.6 is 11.3 Å². The Labute approximate surface area is 72.5 Å². The summed E-state index contributed by atoms with van der Waals surface area (Å²) in [7, 11) is 0. The summed E-state index contributed by atoms with van der Waals surface area (Å²) in [5.74, 6) is 0.178. The number of rotatable bonds is 0. The maximum Gasteiger partial charge on any atom is 0.195 e. The van der Waals surface area contributed by atoms with Gasteiger partial charge in [0.2, 0.25) is 0 Å². The summed E-state index contributed by atoms with van der Waals surface area (Å²) in [6.45, 7) is 0. The first-order valence-corrected chi connectivity index (χ1v) is 4.11. The molecule has 0 aliphatic heterocycles. The molecule has 0 spiro atoms. The third-order valence-corrected chi connectivity index (χ3v) is 2.41. The van der Waals surface area contributed by atoms with Gasteiger partial charge in [0.05, 0.1) is 10.2 Å². The Hall–Kier alpha value is -1.60. The summed E-state index contributed by atoms with van der Waals surface area (Å²) in [6.07, 6.45) is 0. The highest BCUT2D eigenvalue weighted by Crippen LogP contribution is 2.24. The first kappa shape index (κ1) is 7.07. The average molecular weight is 176 g/mol. The van der Waals surface area contributed by atoms with Gasteiger partial charge in [-0.2, -0.15) is 5.26 Å². The lowest BCUT2D eigenvalue weighted by atomic mass is 10.3. The molecular formula is C8H4N2OS. The molecule has 0 aliphatic rings. The Balaban J connectivity index is 2.77. The van der Waals surface area contributed by atoms with E-state index in [2.05, 4.69) is 4.98 Å². The van der Waals surface area contributed by atoms with Crippen molar-refractivity contribution in [2.45, 2.75) is 0 Å². The van der Waals surface area contributed by atoms with E-state index in [9.17, 15) is 0 Å². The van der Waals surface area contributed by atoms with Crippen molar-refractivity contribution in [3.63, 3.8) is 0 Å². The SMILES string of the molecule is N#Cc1nc2cc(O)ccc2s1. The lowest BCUT2D eigenvalue weighted by Crippen LogP contribution is -1.68. The van der Waals surface area contributed by atoms with Crippen molar-refractivity contribution in [3.05, 3.63) is 23.2 Å². The molecule has 0 atom stereocenters. The van der Waals surface area contributed by atoms with Crippen LogP contribution in [0.4, 0.5) is 0 Å².